The fourth-order valence-electron chi connectivity index (χ4n) is 1.95. The van der Waals surface area contributed by atoms with Gasteiger partial charge in [-0.3, -0.25) is 4.98 Å². The molecule has 1 saturated heterocycles. The van der Waals surface area contributed by atoms with Crippen molar-refractivity contribution in [2.75, 3.05) is 31.2 Å². The van der Waals surface area contributed by atoms with Gasteiger partial charge in [-0.15, -0.1) is 0 Å². The van der Waals surface area contributed by atoms with Gasteiger partial charge in [-0.05, 0) is 30.7 Å². The van der Waals surface area contributed by atoms with Gasteiger partial charge in [-0.2, -0.15) is 15.0 Å². The maximum Gasteiger partial charge on any atom is 0.328 e. The zero-order valence-electron chi connectivity index (χ0n) is 11.5. The quantitative estimate of drug-likeness (QED) is 0.856. The molecule has 3 heterocycles. The van der Waals surface area contributed by atoms with Crippen LogP contribution in [0.4, 0.5) is 5.95 Å². The first kappa shape index (κ1) is 14.0. The van der Waals surface area contributed by atoms with Crippen molar-refractivity contribution in [2.45, 2.75) is 6.92 Å². The van der Waals surface area contributed by atoms with E-state index in [0.29, 0.717) is 38.0 Å². The van der Waals surface area contributed by atoms with E-state index in [4.69, 9.17) is 21.1 Å². The van der Waals surface area contributed by atoms with Crippen LogP contribution in [0.1, 0.15) is 5.69 Å². The summed E-state index contributed by atoms with van der Waals surface area (Å²) in [6.07, 6.45) is 1.70. The molecule has 2 aromatic heterocycles. The first-order valence-corrected chi connectivity index (χ1v) is 6.94. The Morgan fingerprint density at radius 3 is 2.81 bits per heavy atom. The van der Waals surface area contributed by atoms with Crippen molar-refractivity contribution in [3.8, 4) is 11.8 Å². The molecule has 0 unspecified atom stereocenters. The first-order chi connectivity index (χ1) is 10.2. The van der Waals surface area contributed by atoms with Crippen molar-refractivity contribution >= 4 is 17.5 Å². The number of hydrogen-bond acceptors (Lipinski definition) is 7. The van der Waals surface area contributed by atoms with Gasteiger partial charge in [-0.25, -0.2) is 0 Å². The van der Waals surface area contributed by atoms with E-state index in [2.05, 4.69) is 19.9 Å². The van der Waals surface area contributed by atoms with Crippen molar-refractivity contribution in [1.82, 2.24) is 19.9 Å². The van der Waals surface area contributed by atoms with Gasteiger partial charge in [0.25, 0.3) is 0 Å². The highest BCUT2D eigenvalue weighted by molar-refractivity contribution is 6.28. The smallest absolute Gasteiger partial charge is 0.328 e. The Kier molecular flexibility index (Phi) is 4.12. The van der Waals surface area contributed by atoms with Gasteiger partial charge in [0.05, 0.1) is 18.9 Å². The van der Waals surface area contributed by atoms with Gasteiger partial charge in [0.2, 0.25) is 11.2 Å². The average Bonchev–Trinajstić information content (AvgIpc) is 2.50. The number of pyridine rings is 1. The van der Waals surface area contributed by atoms with Crippen molar-refractivity contribution in [2.24, 2.45) is 0 Å². The van der Waals surface area contributed by atoms with Crippen LogP contribution in [0.2, 0.25) is 5.28 Å². The fourth-order valence-corrected chi connectivity index (χ4v) is 2.10. The Morgan fingerprint density at radius 1 is 1.24 bits per heavy atom. The molecule has 7 nitrogen and oxygen atoms in total. The maximum atomic E-state index is 5.96. The number of aromatic nitrogens is 4. The molecule has 0 saturated carbocycles. The molecule has 2 aromatic rings. The van der Waals surface area contributed by atoms with Crippen molar-refractivity contribution in [3.05, 3.63) is 29.3 Å². The van der Waals surface area contributed by atoms with Gasteiger partial charge in [0, 0.05) is 19.3 Å². The summed E-state index contributed by atoms with van der Waals surface area (Å²) < 4.78 is 11.0. The van der Waals surface area contributed by atoms with Gasteiger partial charge in [0.1, 0.15) is 0 Å². The molecule has 0 aromatic carbocycles. The normalized spacial score (nSPS) is 15.0. The molecule has 0 bridgehead atoms. The van der Waals surface area contributed by atoms with E-state index < -0.39 is 0 Å². The summed E-state index contributed by atoms with van der Waals surface area (Å²) >= 11 is 5.96. The van der Waals surface area contributed by atoms with E-state index in [1.807, 2.05) is 11.8 Å². The molecule has 8 heteroatoms. The lowest BCUT2D eigenvalue weighted by Gasteiger charge is -2.26. The molecule has 21 heavy (non-hydrogen) atoms. The summed E-state index contributed by atoms with van der Waals surface area (Å²) in [7, 11) is 0. The number of morpholine rings is 1. The number of nitrogens with zero attached hydrogens (tertiary/aromatic N) is 5. The molecule has 1 fully saturated rings. The maximum absolute atomic E-state index is 5.96. The third-order valence-corrected chi connectivity index (χ3v) is 3.20. The minimum atomic E-state index is 0.100. The molecule has 1 aliphatic rings. The Balaban J connectivity index is 1.85. The number of ether oxygens (including phenoxy) is 2. The predicted molar refractivity (Wildman–Crippen MR) is 76.9 cm³/mol. The Bertz CT molecular complexity index is 634. The lowest BCUT2D eigenvalue weighted by Crippen LogP contribution is -2.37. The molecule has 0 atom stereocenters. The molecule has 0 N–H and O–H groups in total. The lowest BCUT2D eigenvalue weighted by molar-refractivity contribution is 0.122. The number of halogens is 1. The molecular weight excluding hydrogens is 294 g/mol. The topological polar surface area (TPSA) is 73.3 Å². The first-order valence-electron chi connectivity index (χ1n) is 6.56. The molecule has 0 amide bonds. The highest BCUT2D eigenvalue weighted by atomic mass is 35.5. The Morgan fingerprint density at radius 2 is 2.05 bits per heavy atom. The lowest BCUT2D eigenvalue weighted by atomic mass is 10.3. The molecule has 0 spiro atoms. The van der Waals surface area contributed by atoms with E-state index in [1.165, 1.54) is 0 Å². The summed E-state index contributed by atoms with van der Waals surface area (Å²) in [4.78, 5) is 18.6. The van der Waals surface area contributed by atoms with Crippen LogP contribution in [0.15, 0.2) is 18.3 Å². The predicted octanol–water partition coefficient (Wildman–Crippen LogP) is 1.86. The molecule has 0 radical (unpaired) electrons. The SMILES string of the molecule is Cc1ncccc1Oc1nc(Cl)nc(N2CCOCC2)n1. The number of hydrogen-bond donors (Lipinski definition) is 0. The van der Waals surface area contributed by atoms with Crippen LogP contribution in [0.3, 0.4) is 0 Å². The fraction of sp³-hybridized carbons (Fsp3) is 0.385. The zero-order valence-corrected chi connectivity index (χ0v) is 12.2. The van der Waals surface area contributed by atoms with Crippen LogP contribution < -0.4 is 9.64 Å². The second-order valence-corrected chi connectivity index (χ2v) is 4.81. The largest absolute Gasteiger partial charge is 0.422 e. The molecule has 110 valence electrons. The zero-order chi connectivity index (χ0) is 14.7. The summed E-state index contributed by atoms with van der Waals surface area (Å²) in [6, 6.07) is 3.75. The summed E-state index contributed by atoms with van der Waals surface area (Å²) in [5.74, 6) is 1.09. The monoisotopic (exact) mass is 307 g/mol. The number of rotatable bonds is 3. The summed E-state index contributed by atoms with van der Waals surface area (Å²) in [5, 5.41) is 0.100. The Labute approximate surface area is 126 Å². The van der Waals surface area contributed by atoms with E-state index >= 15 is 0 Å². The van der Waals surface area contributed by atoms with Crippen LogP contribution >= 0.6 is 11.6 Å². The van der Waals surface area contributed by atoms with E-state index in [1.54, 1.807) is 18.3 Å². The number of aryl methyl sites for hydroxylation is 1. The molecular formula is C13H14ClN5O2. The van der Waals surface area contributed by atoms with Crippen LogP contribution in [-0.2, 0) is 4.74 Å². The Hall–Kier alpha value is -1.99. The van der Waals surface area contributed by atoms with Crippen LogP contribution in [0.25, 0.3) is 0 Å². The minimum Gasteiger partial charge on any atom is -0.422 e. The molecule has 0 aliphatic carbocycles. The van der Waals surface area contributed by atoms with E-state index in [-0.39, 0.29) is 11.3 Å². The van der Waals surface area contributed by atoms with E-state index in [0.717, 1.165) is 5.69 Å². The van der Waals surface area contributed by atoms with Crippen molar-refractivity contribution in [1.29, 1.82) is 0 Å². The van der Waals surface area contributed by atoms with Gasteiger partial charge in [0.15, 0.2) is 5.75 Å². The standard InChI is InChI=1S/C13H14ClN5O2/c1-9-10(3-2-4-15-9)21-13-17-11(14)16-12(18-13)19-5-7-20-8-6-19/h2-4H,5-8H2,1H3. The van der Waals surface area contributed by atoms with E-state index in [9.17, 15) is 0 Å². The minimum absolute atomic E-state index is 0.100. The molecule has 3 rings (SSSR count). The van der Waals surface area contributed by atoms with Crippen molar-refractivity contribution < 1.29 is 9.47 Å². The van der Waals surface area contributed by atoms with Gasteiger partial charge >= 0.3 is 6.01 Å². The molecule has 1 aliphatic heterocycles. The van der Waals surface area contributed by atoms with Crippen molar-refractivity contribution in [3.63, 3.8) is 0 Å². The van der Waals surface area contributed by atoms with Crippen LogP contribution in [0.5, 0.6) is 11.8 Å². The van der Waals surface area contributed by atoms with Gasteiger partial charge < -0.3 is 14.4 Å². The second kappa shape index (κ2) is 6.19. The average molecular weight is 308 g/mol. The van der Waals surface area contributed by atoms with Crippen LogP contribution in [0, 0.1) is 6.92 Å². The third-order valence-electron chi connectivity index (χ3n) is 3.03. The highest BCUT2D eigenvalue weighted by Gasteiger charge is 2.17. The highest BCUT2D eigenvalue weighted by Crippen LogP contribution is 2.23. The van der Waals surface area contributed by atoms with Gasteiger partial charge in [-0.1, -0.05) is 0 Å². The third kappa shape index (κ3) is 3.37. The summed E-state index contributed by atoms with van der Waals surface area (Å²) in [6.45, 7) is 4.56. The summed E-state index contributed by atoms with van der Waals surface area (Å²) in [5.41, 5.74) is 0.752. The van der Waals surface area contributed by atoms with Crippen LogP contribution in [-0.4, -0.2) is 46.2 Å². The number of anilines is 1. The second-order valence-electron chi connectivity index (χ2n) is 4.48.